The van der Waals surface area contributed by atoms with E-state index in [0.717, 1.165) is 17.3 Å². The summed E-state index contributed by atoms with van der Waals surface area (Å²) in [5, 5.41) is 3.94. The molecule has 19 heavy (non-hydrogen) atoms. The molecule has 1 aromatic carbocycles. The number of alkyl halides is 1. The molecular formula is C16H24BrNO. The van der Waals surface area contributed by atoms with E-state index in [4.69, 9.17) is 0 Å². The second-order valence-electron chi connectivity index (χ2n) is 6.60. The zero-order chi connectivity index (χ0) is 14.7. The van der Waals surface area contributed by atoms with E-state index in [9.17, 15) is 4.79 Å². The van der Waals surface area contributed by atoms with Crippen molar-refractivity contribution in [1.29, 1.82) is 0 Å². The summed E-state index contributed by atoms with van der Waals surface area (Å²) in [5.74, 6) is -0.00795. The molecule has 0 saturated heterocycles. The largest absolute Gasteiger partial charge is 0.347 e. The minimum Gasteiger partial charge on any atom is -0.347 e. The molecule has 0 heterocycles. The average molecular weight is 326 g/mol. The van der Waals surface area contributed by atoms with Gasteiger partial charge in [0.2, 0.25) is 0 Å². The highest BCUT2D eigenvalue weighted by molar-refractivity contribution is 9.09. The molecule has 2 nitrogen and oxygen atoms in total. The zero-order valence-corrected chi connectivity index (χ0v) is 14.1. The summed E-state index contributed by atoms with van der Waals surface area (Å²) < 4.78 is 0. The predicted octanol–water partition coefficient (Wildman–Crippen LogP) is 4.28. The summed E-state index contributed by atoms with van der Waals surface area (Å²) in [6, 6.07) is 7.87. The summed E-state index contributed by atoms with van der Waals surface area (Å²) in [6.45, 7) is 10.6. The van der Waals surface area contributed by atoms with Gasteiger partial charge in [0.1, 0.15) is 0 Å². The van der Waals surface area contributed by atoms with Crippen LogP contribution < -0.4 is 5.32 Å². The Morgan fingerprint density at radius 3 is 2.05 bits per heavy atom. The van der Waals surface area contributed by atoms with Gasteiger partial charge >= 0.3 is 0 Å². The molecule has 1 rings (SSSR count). The fraction of sp³-hybridized carbons (Fsp3) is 0.562. The van der Waals surface area contributed by atoms with Crippen molar-refractivity contribution in [2.24, 2.45) is 0 Å². The molecule has 1 N–H and O–H groups in total. The minimum atomic E-state index is -0.191. The maximum atomic E-state index is 12.2. The smallest absolute Gasteiger partial charge is 0.251 e. The monoisotopic (exact) mass is 325 g/mol. The van der Waals surface area contributed by atoms with E-state index < -0.39 is 0 Å². The fourth-order valence-corrected chi connectivity index (χ4v) is 2.79. The van der Waals surface area contributed by atoms with Gasteiger partial charge in [0, 0.05) is 16.4 Å². The van der Waals surface area contributed by atoms with Gasteiger partial charge in [-0.2, -0.15) is 0 Å². The summed E-state index contributed by atoms with van der Waals surface area (Å²) in [5.41, 5.74) is 1.88. The van der Waals surface area contributed by atoms with Gasteiger partial charge in [-0.05, 0) is 43.4 Å². The Bertz CT molecular complexity index is 429. The molecule has 3 heteroatoms. The Kier molecular flexibility index (Phi) is 5.19. The van der Waals surface area contributed by atoms with Gasteiger partial charge in [0.15, 0.2) is 0 Å². The van der Waals surface area contributed by atoms with Gasteiger partial charge in [-0.25, -0.2) is 0 Å². The van der Waals surface area contributed by atoms with Crippen LogP contribution in [0.4, 0.5) is 0 Å². The third kappa shape index (κ3) is 4.98. The van der Waals surface area contributed by atoms with Crippen molar-refractivity contribution in [3.63, 3.8) is 0 Å². The normalized spacial score (nSPS) is 12.3. The van der Waals surface area contributed by atoms with Gasteiger partial charge in [-0.3, -0.25) is 4.79 Å². The lowest BCUT2D eigenvalue weighted by molar-refractivity contribution is 0.0912. The van der Waals surface area contributed by atoms with Gasteiger partial charge in [0.25, 0.3) is 5.91 Å². The van der Waals surface area contributed by atoms with E-state index in [1.54, 1.807) is 0 Å². The molecule has 0 spiro atoms. The van der Waals surface area contributed by atoms with E-state index in [1.165, 1.54) is 5.56 Å². The number of hydrogen-bond acceptors (Lipinski definition) is 1. The minimum absolute atomic E-state index is 0.00795. The third-order valence-electron chi connectivity index (χ3n) is 3.18. The van der Waals surface area contributed by atoms with E-state index >= 15 is 0 Å². The van der Waals surface area contributed by atoms with Crippen molar-refractivity contribution in [2.75, 3.05) is 5.33 Å². The van der Waals surface area contributed by atoms with Crippen LogP contribution in [-0.4, -0.2) is 16.8 Å². The summed E-state index contributed by atoms with van der Waals surface area (Å²) >= 11 is 3.41. The predicted molar refractivity (Wildman–Crippen MR) is 85.1 cm³/mol. The Hall–Kier alpha value is -0.830. The number of benzene rings is 1. The molecule has 0 aliphatic rings. The van der Waals surface area contributed by atoms with E-state index in [1.807, 2.05) is 38.1 Å². The van der Waals surface area contributed by atoms with E-state index in [0.29, 0.717) is 0 Å². The maximum Gasteiger partial charge on any atom is 0.251 e. The van der Waals surface area contributed by atoms with Crippen LogP contribution in [-0.2, 0) is 5.41 Å². The first-order chi connectivity index (χ1) is 8.65. The number of rotatable bonds is 4. The number of halogens is 1. The summed E-state index contributed by atoms with van der Waals surface area (Å²) in [7, 11) is 0. The number of amides is 1. The van der Waals surface area contributed by atoms with Crippen LogP contribution in [0.5, 0.6) is 0 Å². The Labute approximate surface area is 125 Å². The van der Waals surface area contributed by atoms with Gasteiger partial charge in [-0.15, -0.1) is 0 Å². The maximum absolute atomic E-state index is 12.2. The lowest BCUT2D eigenvalue weighted by Gasteiger charge is -2.25. The Morgan fingerprint density at radius 2 is 1.63 bits per heavy atom. The fourth-order valence-electron chi connectivity index (χ4n) is 1.80. The van der Waals surface area contributed by atoms with Crippen molar-refractivity contribution in [2.45, 2.75) is 52.0 Å². The molecular weight excluding hydrogens is 302 g/mol. The molecule has 0 unspecified atom stereocenters. The van der Waals surface area contributed by atoms with E-state index in [-0.39, 0.29) is 16.9 Å². The highest BCUT2D eigenvalue weighted by Gasteiger charge is 2.21. The van der Waals surface area contributed by atoms with Crippen molar-refractivity contribution < 1.29 is 4.79 Å². The molecule has 1 amide bonds. The Balaban J connectivity index is 2.79. The van der Waals surface area contributed by atoms with Crippen LogP contribution in [0.3, 0.4) is 0 Å². The highest BCUT2D eigenvalue weighted by Crippen LogP contribution is 2.22. The van der Waals surface area contributed by atoms with Crippen LogP contribution in [0.25, 0.3) is 0 Å². The molecule has 0 aromatic heterocycles. The lowest BCUT2D eigenvalue weighted by Crippen LogP contribution is -2.43. The molecule has 0 aliphatic heterocycles. The molecule has 0 saturated carbocycles. The molecule has 0 aliphatic carbocycles. The standard InChI is InChI=1S/C16H24BrNO/c1-15(2,3)13-8-6-12(7-9-13)14(19)18-16(4,5)10-11-17/h6-9H,10-11H2,1-5H3,(H,18,19). The number of carbonyl (C=O) groups is 1. The van der Waals surface area contributed by atoms with Crippen molar-refractivity contribution >= 4 is 21.8 Å². The number of nitrogens with one attached hydrogen (secondary N) is 1. The number of carbonyl (C=O) groups excluding carboxylic acids is 1. The average Bonchev–Trinajstić information content (AvgIpc) is 2.27. The molecule has 0 radical (unpaired) electrons. The van der Waals surface area contributed by atoms with Crippen molar-refractivity contribution in [3.05, 3.63) is 35.4 Å². The van der Waals surface area contributed by atoms with Crippen LogP contribution in [0.1, 0.15) is 57.0 Å². The highest BCUT2D eigenvalue weighted by atomic mass is 79.9. The van der Waals surface area contributed by atoms with Crippen molar-refractivity contribution in [1.82, 2.24) is 5.32 Å². The zero-order valence-electron chi connectivity index (χ0n) is 12.5. The first kappa shape index (κ1) is 16.2. The topological polar surface area (TPSA) is 29.1 Å². The van der Waals surface area contributed by atoms with Gasteiger partial charge in [0.05, 0.1) is 0 Å². The molecule has 0 bridgehead atoms. The van der Waals surface area contributed by atoms with Gasteiger partial charge in [-0.1, -0.05) is 48.8 Å². The molecule has 0 atom stereocenters. The third-order valence-corrected chi connectivity index (χ3v) is 3.58. The summed E-state index contributed by atoms with van der Waals surface area (Å²) in [4.78, 5) is 12.2. The van der Waals surface area contributed by atoms with Crippen LogP contribution in [0, 0.1) is 0 Å². The SMILES string of the molecule is CC(C)(CCBr)NC(=O)c1ccc(C(C)(C)C)cc1. The Morgan fingerprint density at radius 1 is 1.11 bits per heavy atom. The van der Waals surface area contributed by atoms with Gasteiger partial charge < -0.3 is 5.32 Å². The lowest BCUT2D eigenvalue weighted by atomic mass is 9.86. The van der Waals surface area contributed by atoms with Crippen LogP contribution >= 0.6 is 15.9 Å². The van der Waals surface area contributed by atoms with Crippen LogP contribution in [0.2, 0.25) is 0 Å². The second kappa shape index (κ2) is 6.08. The number of hydrogen-bond donors (Lipinski definition) is 1. The quantitative estimate of drug-likeness (QED) is 0.822. The van der Waals surface area contributed by atoms with Crippen molar-refractivity contribution in [3.8, 4) is 0 Å². The van der Waals surface area contributed by atoms with Crippen LogP contribution in [0.15, 0.2) is 24.3 Å². The molecule has 1 aromatic rings. The second-order valence-corrected chi connectivity index (χ2v) is 7.40. The molecule has 106 valence electrons. The first-order valence-corrected chi connectivity index (χ1v) is 7.77. The summed E-state index contributed by atoms with van der Waals surface area (Å²) in [6.07, 6.45) is 0.902. The van der Waals surface area contributed by atoms with E-state index in [2.05, 4.69) is 42.0 Å². The molecule has 0 fully saturated rings. The first-order valence-electron chi connectivity index (χ1n) is 6.65.